The summed E-state index contributed by atoms with van der Waals surface area (Å²) >= 11 is 0.451. The van der Waals surface area contributed by atoms with Crippen molar-refractivity contribution in [3.63, 3.8) is 0 Å². The van der Waals surface area contributed by atoms with Gasteiger partial charge in [-0.1, -0.05) is 6.07 Å². The van der Waals surface area contributed by atoms with Crippen LogP contribution >= 0.6 is 12.0 Å². The molecule has 0 spiro atoms. The summed E-state index contributed by atoms with van der Waals surface area (Å²) in [5.41, 5.74) is 5.58. The molecule has 1 amide bonds. The summed E-state index contributed by atoms with van der Waals surface area (Å²) in [6.07, 6.45) is 0. The first-order valence-electron chi connectivity index (χ1n) is 14.0. The van der Waals surface area contributed by atoms with Crippen molar-refractivity contribution in [1.29, 1.82) is 0 Å². The van der Waals surface area contributed by atoms with E-state index in [4.69, 9.17) is 0 Å². The van der Waals surface area contributed by atoms with Crippen molar-refractivity contribution < 1.29 is 91.5 Å². The molecule has 18 heteroatoms. The zero-order chi connectivity index (χ0) is 34.3. The molecule has 1 N–H and O–H groups in total. The smallest absolute Gasteiger partial charge is 0.744 e. The molecule has 0 radical (unpaired) electrons. The van der Waals surface area contributed by atoms with Gasteiger partial charge in [-0.2, -0.15) is 35.0 Å². The molecular weight excluding hydrogens is 705 g/mol. The fourth-order valence-corrected chi connectivity index (χ4v) is 5.77. The van der Waals surface area contributed by atoms with Crippen LogP contribution in [-0.2, 0) is 19.5 Å². The summed E-state index contributed by atoms with van der Waals surface area (Å²) in [5.74, 6) is -0.476. The molecular formula is C32H25N7Na2O7S2. The molecule has 0 aliphatic carbocycles. The summed E-state index contributed by atoms with van der Waals surface area (Å²) in [7, 11) is -3.30. The van der Waals surface area contributed by atoms with Gasteiger partial charge in [0.1, 0.15) is 10.1 Å². The van der Waals surface area contributed by atoms with Gasteiger partial charge >= 0.3 is 59.1 Å². The Labute approximate surface area is 335 Å². The fraction of sp³-hybridized carbons (Fsp3) is 0.0938. The van der Waals surface area contributed by atoms with E-state index in [-0.39, 0.29) is 75.1 Å². The normalized spacial score (nSPS) is 11.6. The minimum atomic E-state index is -4.91. The third kappa shape index (κ3) is 10.9. The first-order valence-corrected chi connectivity index (χ1v) is 16.1. The number of rotatable bonds is 11. The fourth-order valence-electron chi connectivity index (χ4n) is 4.53. The van der Waals surface area contributed by atoms with Gasteiger partial charge in [0, 0.05) is 28.6 Å². The zero-order valence-electron chi connectivity index (χ0n) is 27.5. The minimum absolute atomic E-state index is 0. The number of nitrogens with zero attached hydrogens (tertiary/aromatic N) is 6. The SMILES string of the molecule is CN=Nc1ccc(N=Nc2ccc(N=Nc3ccc(C(=O)Nc4ccc5cc(SOO[O-])cc(S(=O)(=O)[O-])c5c4)cc3)c(C)c2)c(C)c1.[Na+].[Na+]. The quantitative estimate of drug-likeness (QED) is 0.0533. The molecule has 5 aromatic rings. The van der Waals surface area contributed by atoms with Crippen molar-refractivity contribution in [2.75, 3.05) is 12.4 Å². The molecule has 0 fully saturated rings. The van der Waals surface area contributed by atoms with Crippen molar-refractivity contribution in [3.05, 3.63) is 108 Å². The van der Waals surface area contributed by atoms with Crippen LogP contribution < -0.4 is 69.7 Å². The van der Waals surface area contributed by atoms with Crippen molar-refractivity contribution in [2.24, 2.45) is 30.7 Å². The van der Waals surface area contributed by atoms with Crippen LogP contribution in [0, 0.1) is 13.8 Å². The largest absolute Gasteiger partial charge is 1.00 e. The Morgan fingerprint density at radius 3 is 1.88 bits per heavy atom. The molecule has 50 heavy (non-hydrogen) atoms. The third-order valence-corrected chi connectivity index (χ3v) is 8.26. The molecule has 0 bridgehead atoms. The van der Waals surface area contributed by atoms with Crippen molar-refractivity contribution >= 4 is 73.0 Å². The summed E-state index contributed by atoms with van der Waals surface area (Å²) < 4.78 is 40.0. The first-order chi connectivity index (χ1) is 23.0. The minimum Gasteiger partial charge on any atom is -0.744 e. The van der Waals surface area contributed by atoms with Gasteiger partial charge in [-0.3, -0.25) is 9.83 Å². The summed E-state index contributed by atoms with van der Waals surface area (Å²) in [6.45, 7) is 3.81. The van der Waals surface area contributed by atoms with Crippen molar-refractivity contribution in [2.45, 2.75) is 23.6 Å². The average molecular weight is 730 g/mol. The van der Waals surface area contributed by atoms with E-state index < -0.39 is 20.9 Å². The van der Waals surface area contributed by atoms with Gasteiger partial charge in [0.25, 0.3) is 5.91 Å². The second-order valence-electron chi connectivity index (χ2n) is 10.2. The Morgan fingerprint density at radius 1 is 0.740 bits per heavy atom. The van der Waals surface area contributed by atoms with E-state index in [0.29, 0.717) is 40.1 Å². The van der Waals surface area contributed by atoms with E-state index in [9.17, 15) is 23.0 Å². The zero-order valence-corrected chi connectivity index (χ0v) is 33.2. The Kier molecular flexibility index (Phi) is 15.5. The molecule has 244 valence electrons. The van der Waals surface area contributed by atoms with E-state index in [0.717, 1.165) is 28.6 Å². The molecule has 0 aliphatic rings. The molecule has 0 aromatic heterocycles. The molecule has 0 aliphatic heterocycles. The van der Waals surface area contributed by atoms with Gasteiger partial charge in [0.15, 0.2) is 0 Å². The van der Waals surface area contributed by atoms with E-state index in [1.165, 1.54) is 24.3 Å². The summed E-state index contributed by atoms with van der Waals surface area (Å²) in [6, 6.07) is 24.3. The van der Waals surface area contributed by atoms with E-state index in [2.05, 4.69) is 45.4 Å². The maximum absolute atomic E-state index is 12.9. The molecule has 0 unspecified atom stereocenters. The number of hydrogen-bond donors (Lipinski definition) is 1. The van der Waals surface area contributed by atoms with Gasteiger partial charge in [-0.25, -0.2) is 8.42 Å². The number of anilines is 1. The monoisotopic (exact) mass is 729 g/mol. The van der Waals surface area contributed by atoms with Gasteiger partial charge in [0.2, 0.25) is 0 Å². The molecule has 14 nitrogen and oxygen atoms in total. The number of benzene rings is 5. The number of azo groups is 3. The second kappa shape index (κ2) is 18.8. The number of carbonyl (C=O) groups is 1. The maximum Gasteiger partial charge on any atom is 1.00 e. The third-order valence-electron chi connectivity index (χ3n) is 6.83. The second-order valence-corrected chi connectivity index (χ2v) is 12.3. The van der Waals surface area contributed by atoms with Crippen LogP contribution in [0.15, 0.2) is 131 Å². The molecule has 0 heterocycles. The van der Waals surface area contributed by atoms with E-state index in [1.807, 2.05) is 38.1 Å². The van der Waals surface area contributed by atoms with Crippen LogP contribution in [0.5, 0.6) is 0 Å². The molecule has 5 aromatic carbocycles. The molecule has 0 saturated carbocycles. The summed E-state index contributed by atoms with van der Waals surface area (Å²) in [5, 5.41) is 41.6. The Balaban J connectivity index is 0.00000338. The van der Waals surface area contributed by atoms with Gasteiger partial charge < -0.3 is 15.1 Å². The van der Waals surface area contributed by atoms with Gasteiger partial charge in [-0.15, -0.1) is 0 Å². The van der Waals surface area contributed by atoms with Crippen LogP contribution in [0.1, 0.15) is 21.5 Å². The number of nitrogens with one attached hydrogen (secondary N) is 1. The Bertz CT molecular complexity index is 2200. The van der Waals surface area contributed by atoms with E-state index in [1.54, 1.807) is 43.4 Å². The van der Waals surface area contributed by atoms with Crippen LogP contribution in [0.2, 0.25) is 0 Å². The van der Waals surface area contributed by atoms with Crippen LogP contribution in [0.3, 0.4) is 0 Å². The standard InChI is InChI=1S/C32H27N7O7S2.2Na/c1-19-14-25(35-33-3)10-12-30(19)39-37-26-11-13-29(20(2)15-26)38-36-23-7-4-21(5-8-23)32(40)34-24-9-6-22-16-27(47-46-45-41)18-31(28(22)17-24)48(42,43)44;;/h4-18,41H,1-3H3,(H,34,40)(H,42,43,44);;/q;2*+1/p-2. The first kappa shape index (κ1) is 41.2. The summed E-state index contributed by atoms with van der Waals surface area (Å²) in [4.78, 5) is 12.6. The predicted octanol–water partition coefficient (Wildman–Crippen LogP) is 2.40. The number of carbonyl (C=O) groups excluding carboxylic acids is 1. The average Bonchev–Trinajstić information content (AvgIpc) is 3.06. The van der Waals surface area contributed by atoms with Crippen LogP contribution in [-0.4, -0.2) is 25.9 Å². The number of fused-ring (bicyclic) bond motifs is 1. The Morgan fingerprint density at radius 2 is 1.32 bits per heavy atom. The van der Waals surface area contributed by atoms with Crippen LogP contribution in [0.4, 0.5) is 34.1 Å². The van der Waals surface area contributed by atoms with Crippen molar-refractivity contribution in [3.8, 4) is 0 Å². The Hall–Kier alpha value is -3.23. The predicted molar refractivity (Wildman–Crippen MR) is 175 cm³/mol. The topological polar surface area (TPSA) is 202 Å². The van der Waals surface area contributed by atoms with E-state index >= 15 is 0 Å². The number of amides is 1. The van der Waals surface area contributed by atoms with Crippen molar-refractivity contribution in [1.82, 2.24) is 0 Å². The molecule has 5 rings (SSSR count). The maximum atomic E-state index is 12.9. The van der Waals surface area contributed by atoms with Gasteiger partial charge in [-0.05, 0) is 115 Å². The van der Waals surface area contributed by atoms with Gasteiger partial charge in [0.05, 0.1) is 45.4 Å². The molecule has 0 atom stereocenters. The van der Waals surface area contributed by atoms with Crippen LogP contribution in [0.25, 0.3) is 10.8 Å². The number of aryl methyl sites for hydroxylation is 2. The molecule has 0 saturated heterocycles. The number of hydrogen-bond acceptors (Lipinski definition) is 14.